The summed E-state index contributed by atoms with van der Waals surface area (Å²) in [5, 5.41) is 17.4. The zero-order chi connectivity index (χ0) is 26.0. The van der Waals surface area contributed by atoms with Gasteiger partial charge in [0.2, 0.25) is 0 Å². The number of allylic oxidation sites excluding steroid dienone is 8. The molecule has 4 aliphatic rings. The van der Waals surface area contributed by atoms with E-state index in [0.717, 1.165) is 21.2 Å². The first-order chi connectivity index (χ1) is 17.1. The first kappa shape index (κ1) is 28.9. The van der Waals surface area contributed by atoms with Crippen LogP contribution in [0.3, 0.4) is 0 Å². The molecule has 0 aromatic carbocycles. The van der Waals surface area contributed by atoms with E-state index in [0.29, 0.717) is 0 Å². The molecular weight excluding hydrogens is 601 g/mol. The Morgan fingerprint density at radius 1 is 0.444 bits per heavy atom. The zero-order valence-electron chi connectivity index (χ0n) is 21.2. The maximum atomic E-state index is 4.36. The molecule has 0 spiro atoms. The fourth-order valence-electron chi connectivity index (χ4n) is 2.70. The molecule has 4 heterocycles. The SMILES string of the molecule is CC1=C(C)SC(=C2SC(C)=C(/C=N/N=C(C)/C(C)=N/N=C/C3=C(C)SC(=C4SC(C)=C(C)S4)S3)S2)S1. The Bertz CT molecular complexity index is 1170. The number of thioether (sulfide) groups is 8. The molecule has 36 heavy (non-hydrogen) atoms. The second-order valence-corrected chi connectivity index (χ2v) is 18.4. The normalized spacial score (nSPS) is 22.7. The van der Waals surface area contributed by atoms with Crippen molar-refractivity contribution in [3.63, 3.8) is 0 Å². The molecule has 0 radical (unpaired) electrons. The predicted molar refractivity (Wildman–Crippen MR) is 180 cm³/mol. The highest BCUT2D eigenvalue weighted by Gasteiger charge is 2.26. The van der Waals surface area contributed by atoms with Gasteiger partial charge in [-0.15, -0.1) is 0 Å². The quantitative estimate of drug-likeness (QED) is 0.221. The minimum atomic E-state index is 0.756. The van der Waals surface area contributed by atoms with Gasteiger partial charge in [-0.3, -0.25) is 0 Å². The minimum Gasteiger partial charge on any atom is -0.158 e. The van der Waals surface area contributed by atoms with Gasteiger partial charge in [-0.25, -0.2) is 0 Å². The zero-order valence-corrected chi connectivity index (χ0v) is 27.7. The molecule has 0 amide bonds. The smallest absolute Gasteiger partial charge is 0.0829 e. The van der Waals surface area contributed by atoms with Gasteiger partial charge in [-0.1, -0.05) is 94.1 Å². The second kappa shape index (κ2) is 12.8. The third-order valence-corrected chi connectivity index (χ3v) is 16.6. The van der Waals surface area contributed by atoms with Crippen LogP contribution in [0, 0.1) is 0 Å². The molecule has 4 aliphatic heterocycles. The van der Waals surface area contributed by atoms with E-state index in [1.165, 1.54) is 46.4 Å². The monoisotopic (exact) mass is 626 g/mol. The van der Waals surface area contributed by atoms with Gasteiger partial charge in [0, 0.05) is 19.6 Å². The lowest BCUT2D eigenvalue weighted by Gasteiger charge is -2.00. The second-order valence-electron chi connectivity index (χ2n) is 7.89. The van der Waals surface area contributed by atoms with Crippen LogP contribution in [-0.4, -0.2) is 23.9 Å². The first-order valence-electron chi connectivity index (χ1n) is 11.0. The molecule has 0 aliphatic carbocycles. The summed E-state index contributed by atoms with van der Waals surface area (Å²) in [6.07, 6.45) is 3.70. The van der Waals surface area contributed by atoms with E-state index in [9.17, 15) is 0 Å². The molecule has 12 heteroatoms. The Balaban J connectivity index is 1.33. The molecule has 0 saturated heterocycles. The van der Waals surface area contributed by atoms with E-state index < -0.39 is 0 Å². The van der Waals surface area contributed by atoms with Crippen LogP contribution in [0.25, 0.3) is 0 Å². The van der Waals surface area contributed by atoms with E-state index in [-0.39, 0.29) is 0 Å². The molecule has 0 saturated carbocycles. The number of rotatable bonds is 5. The Morgan fingerprint density at radius 3 is 1.06 bits per heavy atom. The van der Waals surface area contributed by atoms with Gasteiger partial charge < -0.3 is 0 Å². The molecule has 0 fully saturated rings. The van der Waals surface area contributed by atoms with Crippen molar-refractivity contribution in [3.05, 3.63) is 56.2 Å². The number of nitrogens with zero attached hydrogens (tertiary/aromatic N) is 4. The van der Waals surface area contributed by atoms with Gasteiger partial charge in [0.05, 0.1) is 40.8 Å². The fourth-order valence-corrected chi connectivity index (χ4v) is 13.3. The molecule has 0 N–H and O–H groups in total. The van der Waals surface area contributed by atoms with Crippen molar-refractivity contribution in [1.29, 1.82) is 0 Å². The lowest BCUT2D eigenvalue weighted by molar-refractivity contribution is 1.22. The molecule has 0 aromatic heterocycles. The largest absolute Gasteiger partial charge is 0.158 e. The maximum absolute atomic E-state index is 4.36. The summed E-state index contributed by atoms with van der Waals surface area (Å²) in [5.74, 6) is 0. The van der Waals surface area contributed by atoms with Crippen molar-refractivity contribution in [3.8, 4) is 0 Å². The van der Waals surface area contributed by atoms with Crippen LogP contribution in [-0.2, 0) is 0 Å². The summed E-state index contributed by atoms with van der Waals surface area (Å²) >= 11 is 14.7. The summed E-state index contributed by atoms with van der Waals surface area (Å²) in [4.78, 5) is 10.4. The Kier molecular flexibility index (Phi) is 10.3. The van der Waals surface area contributed by atoms with Crippen molar-refractivity contribution >= 4 is 118 Å². The van der Waals surface area contributed by atoms with E-state index in [2.05, 4.69) is 61.9 Å². The van der Waals surface area contributed by atoms with Gasteiger partial charge in [-0.05, 0) is 75.0 Å². The van der Waals surface area contributed by atoms with Crippen LogP contribution in [0.15, 0.2) is 76.6 Å². The Labute approximate surface area is 247 Å². The third-order valence-electron chi connectivity index (χ3n) is 5.19. The lowest BCUT2D eigenvalue weighted by atomic mass is 10.3. The van der Waals surface area contributed by atoms with Crippen LogP contribution < -0.4 is 0 Å². The maximum Gasteiger partial charge on any atom is 0.0829 e. The number of hydrogen-bond donors (Lipinski definition) is 0. The Hall–Kier alpha value is -0.0800. The van der Waals surface area contributed by atoms with Gasteiger partial charge in [-0.2, -0.15) is 20.4 Å². The molecule has 0 aromatic rings. The molecule has 0 bridgehead atoms. The van der Waals surface area contributed by atoms with Crippen LogP contribution in [0.2, 0.25) is 0 Å². The van der Waals surface area contributed by atoms with Crippen LogP contribution >= 0.6 is 94.1 Å². The van der Waals surface area contributed by atoms with Crippen LogP contribution in [0.4, 0.5) is 0 Å². The molecule has 0 atom stereocenters. The Morgan fingerprint density at radius 2 is 0.722 bits per heavy atom. The van der Waals surface area contributed by atoms with Crippen molar-refractivity contribution in [2.24, 2.45) is 20.4 Å². The van der Waals surface area contributed by atoms with Crippen LogP contribution in [0.1, 0.15) is 55.4 Å². The topological polar surface area (TPSA) is 49.4 Å². The van der Waals surface area contributed by atoms with Crippen molar-refractivity contribution in [2.75, 3.05) is 0 Å². The first-order valence-corrected chi connectivity index (χ1v) is 17.5. The summed E-state index contributed by atoms with van der Waals surface area (Å²) < 4.78 is 5.42. The van der Waals surface area contributed by atoms with Gasteiger partial charge in [0.25, 0.3) is 0 Å². The predicted octanol–water partition coefficient (Wildman–Crippen LogP) is 11.0. The summed E-state index contributed by atoms with van der Waals surface area (Å²) in [5.41, 5.74) is 1.51. The summed E-state index contributed by atoms with van der Waals surface area (Å²) in [6.45, 7) is 16.9. The standard InChI is InChI=1S/C24H26N4S8/c1-11(27-25-9-19-17(7)33-23(35-19)21-29-13(3)14(4)30-21)12(2)28-26-10-20-18(8)34-24(36-20)22-31-15(5)16(6)32-22/h9-10H,1-8H3/b25-9+,26-10+,27-11+,28-12+. The van der Waals surface area contributed by atoms with Gasteiger partial charge in [0.15, 0.2) is 0 Å². The highest BCUT2D eigenvalue weighted by Crippen LogP contribution is 2.60. The summed E-state index contributed by atoms with van der Waals surface area (Å²) in [6, 6.07) is 0. The minimum absolute atomic E-state index is 0.756. The summed E-state index contributed by atoms with van der Waals surface area (Å²) in [7, 11) is 0. The van der Waals surface area contributed by atoms with Crippen molar-refractivity contribution in [1.82, 2.24) is 0 Å². The highest BCUT2D eigenvalue weighted by molar-refractivity contribution is 8.35. The molecule has 4 nitrogen and oxygen atoms in total. The van der Waals surface area contributed by atoms with Gasteiger partial charge >= 0.3 is 0 Å². The average molecular weight is 627 g/mol. The van der Waals surface area contributed by atoms with E-state index in [1.54, 1.807) is 23.5 Å². The average Bonchev–Trinajstić information content (AvgIpc) is 3.57. The molecule has 4 rings (SSSR count). The number of hydrogen-bond acceptors (Lipinski definition) is 12. The van der Waals surface area contributed by atoms with Crippen LogP contribution in [0.5, 0.6) is 0 Å². The molecular formula is C24H26N4S8. The van der Waals surface area contributed by atoms with E-state index in [1.807, 2.05) is 96.8 Å². The fraction of sp³-hybridized carbons (Fsp3) is 0.333. The van der Waals surface area contributed by atoms with Crippen molar-refractivity contribution < 1.29 is 0 Å². The highest BCUT2D eigenvalue weighted by atomic mass is 32.2. The lowest BCUT2D eigenvalue weighted by Crippen LogP contribution is -2.04. The molecule has 0 unspecified atom stereocenters. The van der Waals surface area contributed by atoms with Crippen molar-refractivity contribution in [2.45, 2.75) is 55.4 Å². The van der Waals surface area contributed by atoms with E-state index >= 15 is 0 Å². The van der Waals surface area contributed by atoms with Gasteiger partial charge in [0.1, 0.15) is 0 Å². The molecule has 190 valence electrons. The van der Waals surface area contributed by atoms with E-state index in [4.69, 9.17) is 0 Å². The third kappa shape index (κ3) is 7.11.